The number of hydrogen-bond donors (Lipinski definition) is 0. The number of para-hydroxylation sites is 2. The molecule has 0 atom stereocenters. The number of benzene rings is 1. The van der Waals surface area contributed by atoms with Crippen LogP contribution in [-0.4, -0.2) is 29.1 Å². The summed E-state index contributed by atoms with van der Waals surface area (Å²) in [5, 5.41) is 12.5. The molecule has 0 spiro atoms. The zero-order valence-electron chi connectivity index (χ0n) is 13.8. The highest BCUT2D eigenvalue weighted by Gasteiger charge is 2.14. The Balaban J connectivity index is 1.58. The number of hydrogen-bond acceptors (Lipinski definition) is 7. The van der Waals surface area contributed by atoms with Gasteiger partial charge in [0.1, 0.15) is 5.69 Å². The molecule has 0 amide bonds. The molecule has 0 saturated carbocycles. The summed E-state index contributed by atoms with van der Waals surface area (Å²) in [6.07, 6.45) is 1.83. The molecule has 4 rings (SSSR count). The van der Waals surface area contributed by atoms with E-state index in [-0.39, 0.29) is 0 Å². The lowest BCUT2D eigenvalue weighted by Crippen LogP contribution is -2.15. The predicted octanol–water partition coefficient (Wildman–Crippen LogP) is 2.26. The maximum Gasteiger partial charge on any atom is 0.420 e. The SMILES string of the molecule is CC(C)c1nnsc1Cn1cc(Cn2c(=O)oc3ccccc32)nn1. The molecule has 0 unspecified atom stereocenters. The Hall–Kier alpha value is -2.81. The van der Waals surface area contributed by atoms with Crippen LogP contribution in [-0.2, 0) is 13.1 Å². The summed E-state index contributed by atoms with van der Waals surface area (Å²) in [6, 6.07) is 7.33. The zero-order chi connectivity index (χ0) is 17.4. The van der Waals surface area contributed by atoms with E-state index < -0.39 is 5.76 Å². The molecule has 0 saturated heterocycles. The lowest BCUT2D eigenvalue weighted by molar-refractivity contribution is 0.516. The van der Waals surface area contributed by atoms with E-state index in [9.17, 15) is 4.79 Å². The van der Waals surface area contributed by atoms with Crippen LogP contribution in [0.1, 0.15) is 36.0 Å². The minimum Gasteiger partial charge on any atom is -0.408 e. The molecule has 0 radical (unpaired) electrons. The number of oxazole rings is 1. The molecule has 25 heavy (non-hydrogen) atoms. The van der Waals surface area contributed by atoms with Crippen molar-refractivity contribution in [3.8, 4) is 0 Å². The Morgan fingerprint density at radius 1 is 1.20 bits per heavy atom. The van der Waals surface area contributed by atoms with Gasteiger partial charge in [-0.3, -0.25) is 4.57 Å². The van der Waals surface area contributed by atoms with Crippen LogP contribution in [0, 0.1) is 0 Å². The summed E-state index contributed by atoms with van der Waals surface area (Å²) >= 11 is 1.37. The van der Waals surface area contributed by atoms with E-state index in [0.717, 1.165) is 16.1 Å². The second-order valence-corrected chi connectivity index (χ2v) is 6.90. The largest absolute Gasteiger partial charge is 0.420 e. The molecule has 0 N–H and O–H groups in total. The van der Waals surface area contributed by atoms with Crippen molar-refractivity contribution in [2.75, 3.05) is 0 Å². The Kier molecular flexibility index (Phi) is 3.92. The van der Waals surface area contributed by atoms with Gasteiger partial charge in [-0.05, 0) is 29.6 Å². The van der Waals surface area contributed by atoms with E-state index in [1.54, 1.807) is 15.3 Å². The van der Waals surface area contributed by atoms with Crippen LogP contribution >= 0.6 is 11.5 Å². The maximum absolute atomic E-state index is 12.1. The van der Waals surface area contributed by atoms with Crippen molar-refractivity contribution in [1.29, 1.82) is 0 Å². The third kappa shape index (κ3) is 2.98. The smallest absolute Gasteiger partial charge is 0.408 e. The van der Waals surface area contributed by atoms with Crippen LogP contribution in [0.25, 0.3) is 11.1 Å². The molecule has 0 aliphatic rings. The normalized spacial score (nSPS) is 11.6. The van der Waals surface area contributed by atoms with Crippen LogP contribution in [0.3, 0.4) is 0 Å². The molecule has 3 heterocycles. The molecular formula is C16H16N6O2S. The fraction of sp³-hybridized carbons (Fsp3) is 0.312. The van der Waals surface area contributed by atoms with E-state index in [0.29, 0.717) is 30.3 Å². The van der Waals surface area contributed by atoms with E-state index in [4.69, 9.17) is 4.42 Å². The fourth-order valence-electron chi connectivity index (χ4n) is 2.72. The first kappa shape index (κ1) is 15.7. The third-order valence-electron chi connectivity index (χ3n) is 3.92. The molecular weight excluding hydrogens is 340 g/mol. The quantitative estimate of drug-likeness (QED) is 0.545. The second kappa shape index (κ2) is 6.25. The fourth-order valence-corrected chi connectivity index (χ4v) is 3.51. The van der Waals surface area contributed by atoms with Crippen molar-refractivity contribution in [2.45, 2.75) is 32.9 Å². The Labute approximate surface area is 146 Å². The second-order valence-electron chi connectivity index (χ2n) is 6.07. The first-order chi connectivity index (χ1) is 12.1. The number of nitrogens with zero attached hydrogens (tertiary/aromatic N) is 6. The molecule has 4 aromatic rings. The number of fused-ring (bicyclic) bond motifs is 1. The summed E-state index contributed by atoms with van der Waals surface area (Å²) < 4.78 is 12.6. The first-order valence-corrected chi connectivity index (χ1v) is 8.67. The van der Waals surface area contributed by atoms with Crippen molar-refractivity contribution in [2.24, 2.45) is 0 Å². The molecule has 0 bridgehead atoms. The Morgan fingerprint density at radius 3 is 2.88 bits per heavy atom. The van der Waals surface area contributed by atoms with Crippen LogP contribution < -0.4 is 5.76 Å². The topological polar surface area (TPSA) is 91.6 Å². The van der Waals surface area contributed by atoms with Crippen molar-refractivity contribution >= 4 is 22.6 Å². The van der Waals surface area contributed by atoms with E-state index in [1.165, 1.54) is 11.5 Å². The summed E-state index contributed by atoms with van der Waals surface area (Å²) in [5.41, 5.74) is 2.99. The van der Waals surface area contributed by atoms with Gasteiger partial charge in [0.25, 0.3) is 0 Å². The lowest BCUT2D eigenvalue weighted by atomic mass is 10.1. The molecule has 1 aromatic carbocycles. The molecule has 0 aliphatic carbocycles. The standard InChI is InChI=1S/C16H16N6O2S/c1-10(2)15-14(25-20-18-15)9-21-7-11(17-19-21)8-22-12-5-3-4-6-13(12)24-16(22)23/h3-7,10H,8-9H2,1-2H3. The van der Waals surface area contributed by atoms with Crippen molar-refractivity contribution in [3.05, 3.63) is 57.3 Å². The average Bonchev–Trinajstić information content (AvgIpc) is 3.29. The van der Waals surface area contributed by atoms with Gasteiger partial charge in [0.2, 0.25) is 0 Å². The van der Waals surface area contributed by atoms with E-state index >= 15 is 0 Å². The van der Waals surface area contributed by atoms with Gasteiger partial charge in [0, 0.05) is 0 Å². The average molecular weight is 356 g/mol. The Bertz CT molecular complexity index is 1070. The van der Waals surface area contributed by atoms with Gasteiger partial charge in [-0.15, -0.1) is 10.2 Å². The zero-order valence-corrected chi connectivity index (χ0v) is 14.6. The number of rotatable bonds is 5. The molecule has 8 nitrogen and oxygen atoms in total. The highest BCUT2D eigenvalue weighted by atomic mass is 32.1. The highest BCUT2D eigenvalue weighted by Crippen LogP contribution is 2.20. The molecule has 9 heteroatoms. The van der Waals surface area contributed by atoms with Crippen LogP contribution in [0.5, 0.6) is 0 Å². The third-order valence-corrected chi connectivity index (χ3v) is 4.64. The van der Waals surface area contributed by atoms with Crippen LogP contribution in [0.2, 0.25) is 0 Å². The summed E-state index contributed by atoms with van der Waals surface area (Å²) in [6.45, 7) is 5.06. The van der Waals surface area contributed by atoms with Gasteiger partial charge in [0.15, 0.2) is 5.58 Å². The molecule has 128 valence electrons. The first-order valence-electron chi connectivity index (χ1n) is 7.90. The van der Waals surface area contributed by atoms with Gasteiger partial charge in [-0.25, -0.2) is 9.48 Å². The van der Waals surface area contributed by atoms with E-state index in [2.05, 4.69) is 33.7 Å². The molecule has 0 aliphatic heterocycles. The van der Waals surface area contributed by atoms with Gasteiger partial charge in [0.05, 0.1) is 35.4 Å². The number of aromatic nitrogens is 6. The van der Waals surface area contributed by atoms with Crippen LogP contribution in [0.4, 0.5) is 0 Å². The van der Waals surface area contributed by atoms with Crippen molar-refractivity contribution in [3.63, 3.8) is 0 Å². The highest BCUT2D eigenvalue weighted by molar-refractivity contribution is 7.05. The molecule has 3 aromatic heterocycles. The minimum atomic E-state index is -0.399. The minimum absolute atomic E-state index is 0.313. The molecule has 0 fully saturated rings. The summed E-state index contributed by atoms with van der Waals surface area (Å²) in [4.78, 5) is 13.1. The van der Waals surface area contributed by atoms with Gasteiger partial charge < -0.3 is 4.42 Å². The van der Waals surface area contributed by atoms with Gasteiger partial charge in [-0.1, -0.05) is 35.7 Å². The van der Waals surface area contributed by atoms with Crippen molar-refractivity contribution in [1.82, 2.24) is 29.1 Å². The van der Waals surface area contributed by atoms with Crippen LogP contribution in [0.15, 0.2) is 39.7 Å². The predicted molar refractivity (Wildman–Crippen MR) is 92.7 cm³/mol. The van der Waals surface area contributed by atoms with E-state index in [1.807, 2.05) is 24.4 Å². The Morgan fingerprint density at radius 2 is 2.04 bits per heavy atom. The summed E-state index contributed by atoms with van der Waals surface area (Å²) in [7, 11) is 0. The monoisotopic (exact) mass is 356 g/mol. The van der Waals surface area contributed by atoms with Crippen molar-refractivity contribution < 1.29 is 4.42 Å². The lowest BCUT2D eigenvalue weighted by Gasteiger charge is -2.03. The summed E-state index contributed by atoms with van der Waals surface area (Å²) in [5.74, 6) is -0.0860. The van der Waals surface area contributed by atoms with Gasteiger partial charge >= 0.3 is 5.76 Å². The maximum atomic E-state index is 12.1. The van der Waals surface area contributed by atoms with Gasteiger partial charge in [-0.2, -0.15) is 0 Å².